The summed E-state index contributed by atoms with van der Waals surface area (Å²) in [5.41, 5.74) is 0. The van der Waals surface area contributed by atoms with Crippen molar-refractivity contribution in [2.75, 3.05) is 0 Å². The van der Waals surface area contributed by atoms with E-state index in [0.29, 0.717) is 6.42 Å². The number of aliphatic hydroxyl groups is 1. The van der Waals surface area contributed by atoms with Gasteiger partial charge in [0.05, 0.1) is 14.0 Å². The van der Waals surface area contributed by atoms with Crippen LogP contribution in [0.4, 0.5) is 0 Å². The Hall–Kier alpha value is 0.359. The van der Waals surface area contributed by atoms with E-state index >= 15 is 0 Å². The van der Waals surface area contributed by atoms with E-state index in [0.717, 1.165) is 19.3 Å². The summed E-state index contributed by atoms with van der Waals surface area (Å²) in [6.07, 6.45) is 6.81. The summed E-state index contributed by atoms with van der Waals surface area (Å²) in [7, 11) is 5.86. The molecule has 3 radical (unpaired) electrons. The van der Waals surface area contributed by atoms with Gasteiger partial charge < -0.3 is 16.9 Å². The topological polar surface area (TPSA) is 24.6 Å². The first kappa shape index (κ1) is 16.4. The average molecular weight is 291 g/mol. The largest absolute Gasteiger partial charge is 0.393 e. The van der Waals surface area contributed by atoms with Crippen LogP contribution in [-0.2, 0) is 32.7 Å². The van der Waals surface area contributed by atoms with Gasteiger partial charge >= 0.3 is 0 Å². The molecule has 1 aliphatic rings. The van der Waals surface area contributed by atoms with E-state index in [1.807, 2.05) is 0 Å². The molecule has 1 rings (SSSR count). The molecule has 4 unspecified atom stereocenters. The smallest absolute Gasteiger partial charge is 0.228 e. The summed E-state index contributed by atoms with van der Waals surface area (Å²) in [4.78, 5) is 3.53. The van der Waals surface area contributed by atoms with Crippen LogP contribution >= 0.6 is 0 Å². The van der Waals surface area contributed by atoms with Crippen molar-refractivity contribution in [3.63, 3.8) is 0 Å². The summed E-state index contributed by atoms with van der Waals surface area (Å²) in [6, 6.07) is -0.112. The molecule has 16 heavy (non-hydrogen) atoms. The minimum absolute atomic E-state index is 0. The summed E-state index contributed by atoms with van der Waals surface area (Å²) in [5.74, 6) is -0.132. The molecule has 1 aliphatic carbocycles. The molecule has 0 aromatic rings. The first-order valence-electron chi connectivity index (χ1n) is 5.45. The average Bonchev–Trinajstić information content (AvgIpc) is 2.51. The van der Waals surface area contributed by atoms with Crippen LogP contribution in [-0.4, -0.2) is 25.1 Å². The molecule has 2 nitrogen and oxygen atoms in total. The monoisotopic (exact) mass is 291 g/mol. The van der Waals surface area contributed by atoms with Gasteiger partial charge in [-0.1, -0.05) is 18.6 Å². The van der Waals surface area contributed by atoms with Gasteiger partial charge in [-0.3, -0.25) is 0 Å². The van der Waals surface area contributed by atoms with E-state index in [9.17, 15) is 5.11 Å². The van der Waals surface area contributed by atoms with E-state index in [1.165, 1.54) is 0 Å². The summed E-state index contributed by atoms with van der Waals surface area (Å²) in [5, 5.41) is 9.57. The predicted molar refractivity (Wildman–Crippen MR) is 62.4 cm³/mol. The van der Waals surface area contributed by atoms with Gasteiger partial charge in [-0.2, -0.15) is 6.42 Å². The van der Waals surface area contributed by atoms with Crippen molar-refractivity contribution in [3.8, 4) is 0 Å². The van der Waals surface area contributed by atoms with E-state index in [2.05, 4.69) is 23.9 Å². The van der Waals surface area contributed by atoms with Crippen molar-refractivity contribution in [2.45, 2.75) is 43.6 Å². The van der Waals surface area contributed by atoms with E-state index in [4.69, 9.17) is 14.4 Å². The molecule has 1 saturated carbocycles. The van der Waals surface area contributed by atoms with Crippen LogP contribution in [0.1, 0.15) is 25.7 Å². The van der Waals surface area contributed by atoms with Crippen LogP contribution in [0.15, 0.2) is 12.2 Å². The van der Waals surface area contributed by atoms with Gasteiger partial charge in [-0.15, -0.1) is 0 Å². The van der Waals surface area contributed by atoms with Gasteiger partial charge in [-0.25, -0.2) is 6.57 Å². The molecule has 4 atom stereocenters. The van der Waals surface area contributed by atoms with Crippen molar-refractivity contribution >= 4 is 7.85 Å². The Morgan fingerprint density at radius 3 is 2.75 bits per heavy atom. The maximum absolute atomic E-state index is 9.57. The molecule has 0 bridgehead atoms. The fourth-order valence-corrected chi connectivity index (χ4v) is 2.07. The first-order valence-corrected chi connectivity index (χ1v) is 5.45. The van der Waals surface area contributed by atoms with Crippen LogP contribution in [0.5, 0.6) is 0 Å². The third-order valence-electron chi connectivity index (χ3n) is 3.03. The quantitative estimate of drug-likeness (QED) is 0.479. The number of rotatable bonds is 4. The molecule has 0 saturated heterocycles. The van der Waals surface area contributed by atoms with E-state index in [-0.39, 0.29) is 50.5 Å². The maximum Gasteiger partial charge on any atom is 0.228 e. The maximum atomic E-state index is 9.57. The fraction of sp³-hybridized carbons (Fsp3) is 0.667. The minimum Gasteiger partial charge on any atom is -0.393 e. The predicted octanol–water partition coefficient (Wildman–Crippen LogP) is 2.17. The SMILES string of the molecule is [B]C1C(O)CC([N+]#[C-])C1C/C=C\CC[CH2-].[Y]. The third kappa shape index (κ3) is 4.32. The Balaban J connectivity index is 0.00000225. The second-order valence-corrected chi connectivity index (χ2v) is 4.09. The second kappa shape index (κ2) is 8.45. The van der Waals surface area contributed by atoms with Crippen molar-refractivity contribution in [1.29, 1.82) is 0 Å². The molecule has 0 aromatic heterocycles. The Morgan fingerprint density at radius 1 is 1.50 bits per heavy atom. The number of hydrogen-bond donors (Lipinski definition) is 1. The second-order valence-electron chi connectivity index (χ2n) is 4.09. The molecule has 0 heterocycles. The number of allylic oxidation sites excluding steroid dienone is 2. The van der Waals surface area contributed by atoms with Crippen LogP contribution in [0.3, 0.4) is 0 Å². The molecule has 0 amide bonds. The molecule has 0 spiro atoms. The third-order valence-corrected chi connectivity index (χ3v) is 3.03. The first-order chi connectivity index (χ1) is 7.20. The summed E-state index contributed by atoms with van der Waals surface area (Å²) < 4.78 is 0. The molecule has 0 aromatic carbocycles. The Morgan fingerprint density at radius 2 is 2.19 bits per heavy atom. The molecular formula is C12H17BNOY-. The molecule has 0 aliphatic heterocycles. The zero-order valence-corrected chi connectivity index (χ0v) is 12.4. The van der Waals surface area contributed by atoms with Gasteiger partial charge in [0, 0.05) is 45.0 Å². The Bertz CT molecular complexity index is 264. The van der Waals surface area contributed by atoms with Gasteiger partial charge in [0.25, 0.3) is 0 Å². The minimum atomic E-state index is -0.504. The van der Waals surface area contributed by atoms with Crippen LogP contribution < -0.4 is 0 Å². The molecule has 83 valence electrons. The standard InChI is InChI=1S/C12H17BNO.Y/c1-3-4-5-6-7-9-10(14-2)8-11(15)12(9)13;/h5-6,9-12,15H,1,3-4,7-8H2;/q-1;/b6-5-;. The fourth-order valence-electron chi connectivity index (χ4n) is 2.07. The Labute approximate surface area is 125 Å². The Kier molecular flexibility index (Phi) is 8.64. The van der Waals surface area contributed by atoms with E-state index in [1.54, 1.807) is 0 Å². The number of nitrogens with zero attached hydrogens (tertiary/aromatic N) is 1. The van der Waals surface area contributed by atoms with Crippen molar-refractivity contribution in [3.05, 3.63) is 30.5 Å². The molecular weight excluding hydrogens is 274 g/mol. The summed E-state index contributed by atoms with van der Waals surface area (Å²) >= 11 is 0. The molecule has 4 heteroatoms. The normalized spacial score (nSPS) is 33.6. The van der Waals surface area contributed by atoms with E-state index < -0.39 is 6.10 Å². The van der Waals surface area contributed by atoms with Crippen molar-refractivity contribution < 1.29 is 37.8 Å². The van der Waals surface area contributed by atoms with Gasteiger partial charge in [0.15, 0.2) is 0 Å². The summed E-state index contributed by atoms with van der Waals surface area (Å²) in [6.45, 7) is 10.8. The number of unbranched alkanes of at least 4 members (excludes halogenated alkanes) is 1. The number of hydrogen-bond acceptors (Lipinski definition) is 1. The van der Waals surface area contributed by atoms with Crippen LogP contribution in [0.25, 0.3) is 4.85 Å². The molecule has 1 N–H and O–H groups in total. The molecule has 1 fully saturated rings. The zero-order valence-electron chi connectivity index (χ0n) is 9.55. The zero-order chi connectivity index (χ0) is 11.3. The van der Waals surface area contributed by atoms with Gasteiger partial charge in [0.2, 0.25) is 6.04 Å². The van der Waals surface area contributed by atoms with Crippen LogP contribution in [0.2, 0.25) is 5.82 Å². The number of aliphatic hydroxyl groups excluding tert-OH is 1. The van der Waals surface area contributed by atoms with Crippen molar-refractivity contribution in [1.82, 2.24) is 0 Å². The van der Waals surface area contributed by atoms with Gasteiger partial charge in [-0.05, 0) is 12.2 Å². The van der Waals surface area contributed by atoms with Gasteiger partial charge in [0.1, 0.15) is 0 Å². The van der Waals surface area contributed by atoms with Crippen molar-refractivity contribution in [2.24, 2.45) is 5.92 Å². The van der Waals surface area contributed by atoms with Crippen LogP contribution in [0, 0.1) is 19.4 Å².